The number of nitrogen functional groups attached to an aromatic ring is 1. The molecule has 0 aromatic carbocycles. The number of aliphatic hydroxyl groups is 1. The number of halogens is 4. The van der Waals surface area contributed by atoms with E-state index in [0.717, 1.165) is 6.07 Å². The summed E-state index contributed by atoms with van der Waals surface area (Å²) >= 11 is 0. The van der Waals surface area contributed by atoms with Gasteiger partial charge in [-0.1, -0.05) is 0 Å². The number of rotatable bonds is 9. The standard InChI is InChI=1S/C11H16F4N3O13P3/c12-10(18-2-1-6(16)17-8(18)20)5-28-9(7(10)19,3-11(13,14)15)4-29-33(24,25)31-34(26,27)30-32(21,22)23/h1-2,7,19H,3-5H2,(H,24,25)(H,26,27)(H2,16,17,20)(H2,21,22,23)/t7-,9-,10?/m1/s1. The van der Waals surface area contributed by atoms with Gasteiger partial charge in [0.25, 0.3) is 0 Å². The van der Waals surface area contributed by atoms with Gasteiger partial charge in [0.05, 0.1) is 13.0 Å². The first kappa shape index (κ1) is 29.0. The first-order valence-electron chi connectivity index (χ1n) is 8.32. The number of nitrogens with two attached hydrogens (primary N) is 1. The molecule has 0 bridgehead atoms. The van der Waals surface area contributed by atoms with Crippen LogP contribution in [0.5, 0.6) is 0 Å². The number of aliphatic hydroxyl groups excluding tert-OH is 1. The summed E-state index contributed by atoms with van der Waals surface area (Å²) < 4.78 is 105. The van der Waals surface area contributed by atoms with Crippen LogP contribution in [0.4, 0.5) is 23.4 Å². The van der Waals surface area contributed by atoms with Crippen molar-refractivity contribution in [2.75, 3.05) is 18.9 Å². The van der Waals surface area contributed by atoms with E-state index in [0.29, 0.717) is 6.20 Å². The van der Waals surface area contributed by atoms with Gasteiger partial charge in [0.2, 0.25) is 5.79 Å². The quantitative estimate of drug-likeness (QED) is 0.168. The number of nitrogens with zero attached hydrogens (tertiary/aromatic N) is 2. The van der Waals surface area contributed by atoms with E-state index in [1.807, 2.05) is 0 Å². The van der Waals surface area contributed by atoms with E-state index < -0.39 is 78.3 Å². The lowest BCUT2D eigenvalue weighted by Gasteiger charge is -2.34. The predicted molar refractivity (Wildman–Crippen MR) is 97.2 cm³/mol. The number of hydrogen-bond donors (Lipinski definition) is 6. The Morgan fingerprint density at radius 3 is 2.29 bits per heavy atom. The smallest absolute Gasteiger partial charge is 0.384 e. The topological polar surface area (TPSA) is 250 Å². The van der Waals surface area contributed by atoms with E-state index in [-0.39, 0.29) is 4.57 Å². The summed E-state index contributed by atoms with van der Waals surface area (Å²) in [6, 6.07) is 0.866. The molecule has 3 unspecified atom stereocenters. The summed E-state index contributed by atoms with van der Waals surface area (Å²) in [6.45, 7) is -3.28. The van der Waals surface area contributed by atoms with Crippen molar-refractivity contribution in [3.8, 4) is 0 Å². The molecule has 7 N–H and O–H groups in total. The number of ether oxygens (including phenoxy) is 1. The molecule has 2 heterocycles. The highest BCUT2D eigenvalue weighted by Gasteiger charge is 2.64. The summed E-state index contributed by atoms with van der Waals surface area (Å²) in [5.74, 6) is -3.82. The zero-order valence-electron chi connectivity index (χ0n) is 16.2. The number of aromatic nitrogens is 2. The van der Waals surface area contributed by atoms with Crippen LogP contribution in [0.25, 0.3) is 0 Å². The minimum absolute atomic E-state index is 0.0526. The van der Waals surface area contributed by atoms with Gasteiger partial charge in [0.1, 0.15) is 24.1 Å². The molecule has 0 saturated carbocycles. The predicted octanol–water partition coefficient (Wildman–Crippen LogP) is -0.127. The molecule has 5 atom stereocenters. The highest BCUT2D eigenvalue weighted by Crippen LogP contribution is 2.66. The summed E-state index contributed by atoms with van der Waals surface area (Å²) in [5.41, 5.74) is 0.560. The SMILES string of the molecule is Nc1ccn(C2(F)CO[C@@](COP(=O)(O)OP(=O)(O)OP(=O)(O)O)(CC(F)(F)F)[C@H]2O)c(=O)n1. The van der Waals surface area contributed by atoms with E-state index in [1.54, 1.807) is 0 Å². The monoisotopic (exact) mass is 567 g/mol. The fourth-order valence-corrected chi connectivity index (χ4v) is 5.94. The minimum Gasteiger partial charge on any atom is -0.384 e. The molecule has 1 aliphatic rings. The lowest BCUT2D eigenvalue weighted by atomic mass is 9.90. The molecule has 34 heavy (non-hydrogen) atoms. The van der Waals surface area contributed by atoms with E-state index in [1.165, 1.54) is 0 Å². The summed E-state index contributed by atoms with van der Waals surface area (Å²) in [5, 5.41) is 10.4. The van der Waals surface area contributed by atoms with Gasteiger partial charge < -0.3 is 35.2 Å². The molecular formula is C11H16F4N3O13P3. The molecule has 196 valence electrons. The van der Waals surface area contributed by atoms with Crippen LogP contribution in [0.1, 0.15) is 6.42 Å². The molecule has 23 heteroatoms. The number of hydrogen-bond acceptors (Lipinski definition) is 11. The average molecular weight is 567 g/mol. The molecular weight excluding hydrogens is 551 g/mol. The van der Waals surface area contributed by atoms with E-state index in [4.69, 9.17) is 25.2 Å². The van der Waals surface area contributed by atoms with Gasteiger partial charge in [0, 0.05) is 6.20 Å². The first-order chi connectivity index (χ1) is 15.1. The Morgan fingerprint density at radius 1 is 1.21 bits per heavy atom. The Morgan fingerprint density at radius 2 is 1.79 bits per heavy atom. The number of alkyl halides is 4. The van der Waals surface area contributed by atoms with Gasteiger partial charge in [0.15, 0.2) is 0 Å². The van der Waals surface area contributed by atoms with E-state index in [2.05, 4.69) is 18.1 Å². The largest absolute Gasteiger partial charge is 0.490 e. The van der Waals surface area contributed by atoms with Crippen LogP contribution in [-0.4, -0.2) is 65.3 Å². The van der Waals surface area contributed by atoms with Crippen molar-refractivity contribution in [2.24, 2.45) is 0 Å². The van der Waals surface area contributed by atoms with Gasteiger partial charge in [-0.25, -0.2) is 22.9 Å². The van der Waals surface area contributed by atoms with Crippen LogP contribution < -0.4 is 11.4 Å². The van der Waals surface area contributed by atoms with Crippen LogP contribution in [0.15, 0.2) is 17.1 Å². The van der Waals surface area contributed by atoms with Gasteiger partial charge in [-0.2, -0.15) is 26.8 Å². The Hall–Kier alpha value is -1.27. The fraction of sp³-hybridized carbons (Fsp3) is 0.636. The van der Waals surface area contributed by atoms with E-state index in [9.17, 15) is 41.7 Å². The molecule has 0 radical (unpaired) electrons. The molecule has 1 aromatic rings. The zero-order chi connectivity index (χ0) is 26.4. The Balaban J connectivity index is 2.36. The molecule has 0 amide bonds. The highest BCUT2D eigenvalue weighted by atomic mass is 31.3. The molecule has 16 nitrogen and oxygen atoms in total. The maximum Gasteiger partial charge on any atom is 0.490 e. The molecule has 1 saturated heterocycles. The van der Waals surface area contributed by atoms with Crippen LogP contribution in [-0.2, 0) is 37.4 Å². The van der Waals surface area contributed by atoms with Gasteiger partial charge in [-0.15, -0.1) is 0 Å². The molecule has 1 aliphatic heterocycles. The number of anilines is 1. The molecule has 0 aliphatic carbocycles. The maximum absolute atomic E-state index is 15.5. The lowest BCUT2D eigenvalue weighted by molar-refractivity contribution is -0.205. The molecule has 0 spiro atoms. The van der Waals surface area contributed by atoms with E-state index >= 15 is 4.39 Å². The molecule has 2 rings (SSSR count). The van der Waals surface area contributed by atoms with Crippen molar-refractivity contribution in [1.29, 1.82) is 0 Å². The van der Waals surface area contributed by atoms with Crippen molar-refractivity contribution < 1.29 is 73.8 Å². The van der Waals surface area contributed by atoms with Crippen LogP contribution in [0.2, 0.25) is 0 Å². The van der Waals surface area contributed by atoms with Crippen LogP contribution >= 0.6 is 23.5 Å². The third-order valence-electron chi connectivity index (χ3n) is 4.09. The van der Waals surface area contributed by atoms with Crippen molar-refractivity contribution in [3.63, 3.8) is 0 Å². The van der Waals surface area contributed by atoms with Crippen molar-refractivity contribution >= 4 is 29.3 Å². The van der Waals surface area contributed by atoms with Gasteiger partial charge in [-0.05, 0) is 6.07 Å². The second kappa shape index (κ2) is 9.31. The zero-order valence-corrected chi connectivity index (χ0v) is 18.9. The second-order valence-electron chi connectivity index (χ2n) is 6.74. The summed E-state index contributed by atoms with van der Waals surface area (Å²) in [7, 11) is -17.8. The second-order valence-corrected chi connectivity index (χ2v) is 11.2. The number of phosphoric acid groups is 3. The summed E-state index contributed by atoms with van der Waals surface area (Å²) in [6.07, 6.45) is -9.77. The number of phosphoric ester groups is 1. The minimum atomic E-state index is -6.03. The Labute approximate surface area is 185 Å². The summed E-state index contributed by atoms with van der Waals surface area (Å²) in [4.78, 5) is 50.6. The van der Waals surface area contributed by atoms with Crippen LogP contribution in [0.3, 0.4) is 0 Å². The normalized spacial score (nSPS) is 29.5. The lowest BCUT2D eigenvalue weighted by Crippen LogP contribution is -2.55. The Kier molecular flexibility index (Phi) is 7.93. The molecule has 1 aromatic heterocycles. The Bertz CT molecular complexity index is 1130. The van der Waals surface area contributed by atoms with Gasteiger partial charge in [-0.3, -0.25) is 9.09 Å². The fourth-order valence-electron chi connectivity index (χ4n) is 2.86. The molecule has 1 fully saturated rings. The highest BCUT2D eigenvalue weighted by molar-refractivity contribution is 7.66. The van der Waals surface area contributed by atoms with Crippen molar-refractivity contribution in [3.05, 3.63) is 22.7 Å². The maximum atomic E-state index is 15.5. The van der Waals surface area contributed by atoms with Crippen molar-refractivity contribution in [1.82, 2.24) is 9.55 Å². The van der Waals surface area contributed by atoms with Gasteiger partial charge >= 0.3 is 35.3 Å². The first-order valence-corrected chi connectivity index (χ1v) is 12.8. The average Bonchev–Trinajstić information content (AvgIpc) is 2.82. The third kappa shape index (κ3) is 7.13. The van der Waals surface area contributed by atoms with Crippen LogP contribution in [0, 0.1) is 0 Å². The van der Waals surface area contributed by atoms with Crippen molar-refractivity contribution in [2.45, 2.75) is 30.1 Å². The third-order valence-corrected chi connectivity index (χ3v) is 7.88.